The van der Waals surface area contributed by atoms with Crippen molar-refractivity contribution < 1.29 is 19.1 Å². The summed E-state index contributed by atoms with van der Waals surface area (Å²) in [6.07, 6.45) is -1.10. The SMILES string of the molecule is CCNC(=O)NC(=O)C(C)OC(=O)c1csc(-c2ccsc2)n1. The molecule has 0 aliphatic heterocycles. The van der Waals surface area contributed by atoms with Crippen molar-refractivity contribution in [1.82, 2.24) is 15.6 Å². The topological polar surface area (TPSA) is 97.4 Å². The Morgan fingerprint density at radius 3 is 2.78 bits per heavy atom. The van der Waals surface area contributed by atoms with Crippen molar-refractivity contribution in [2.75, 3.05) is 6.54 Å². The first-order chi connectivity index (χ1) is 11.0. The molecule has 0 saturated heterocycles. The maximum absolute atomic E-state index is 12.0. The van der Waals surface area contributed by atoms with Crippen molar-refractivity contribution in [3.05, 3.63) is 27.9 Å². The van der Waals surface area contributed by atoms with Gasteiger partial charge in [-0.05, 0) is 25.3 Å². The van der Waals surface area contributed by atoms with E-state index in [1.165, 1.54) is 29.6 Å². The van der Waals surface area contributed by atoms with Crippen LogP contribution in [0.2, 0.25) is 0 Å². The second kappa shape index (κ2) is 7.84. The number of carbonyl (C=O) groups is 3. The number of nitrogens with zero attached hydrogens (tertiary/aromatic N) is 1. The van der Waals surface area contributed by atoms with Gasteiger partial charge < -0.3 is 10.1 Å². The molecule has 7 nitrogen and oxygen atoms in total. The largest absolute Gasteiger partial charge is 0.448 e. The Labute approximate surface area is 140 Å². The highest BCUT2D eigenvalue weighted by molar-refractivity contribution is 7.14. The molecule has 1 atom stereocenters. The van der Waals surface area contributed by atoms with Crippen LogP contribution in [0.5, 0.6) is 0 Å². The smallest absolute Gasteiger partial charge is 0.358 e. The summed E-state index contributed by atoms with van der Waals surface area (Å²) in [6, 6.07) is 1.27. The van der Waals surface area contributed by atoms with Crippen molar-refractivity contribution in [3.8, 4) is 10.6 Å². The van der Waals surface area contributed by atoms with Gasteiger partial charge in [0.2, 0.25) is 0 Å². The van der Waals surface area contributed by atoms with Crippen LogP contribution >= 0.6 is 22.7 Å². The summed E-state index contributed by atoms with van der Waals surface area (Å²) >= 11 is 2.85. The summed E-state index contributed by atoms with van der Waals surface area (Å²) in [6.45, 7) is 3.50. The predicted molar refractivity (Wildman–Crippen MR) is 87.5 cm³/mol. The van der Waals surface area contributed by atoms with Crippen LogP contribution in [0.15, 0.2) is 22.2 Å². The fourth-order valence-corrected chi connectivity index (χ4v) is 3.08. The lowest BCUT2D eigenvalue weighted by molar-refractivity contribution is -0.127. The number of thiophene rings is 1. The van der Waals surface area contributed by atoms with Crippen molar-refractivity contribution in [2.45, 2.75) is 20.0 Å². The summed E-state index contributed by atoms with van der Waals surface area (Å²) in [4.78, 5) is 39.2. The number of esters is 1. The van der Waals surface area contributed by atoms with E-state index in [-0.39, 0.29) is 5.69 Å². The van der Waals surface area contributed by atoms with Gasteiger partial charge in [0.05, 0.1) is 0 Å². The number of hydrogen-bond acceptors (Lipinski definition) is 7. The van der Waals surface area contributed by atoms with Crippen LogP contribution in [-0.4, -0.2) is 35.5 Å². The Morgan fingerprint density at radius 2 is 2.13 bits per heavy atom. The number of carbonyl (C=O) groups excluding carboxylic acids is 3. The molecule has 23 heavy (non-hydrogen) atoms. The monoisotopic (exact) mass is 353 g/mol. The Hall–Kier alpha value is -2.26. The van der Waals surface area contributed by atoms with Crippen LogP contribution < -0.4 is 10.6 Å². The summed E-state index contributed by atoms with van der Waals surface area (Å²) in [5.74, 6) is -1.40. The fourth-order valence-electron chi connectivity index (χ4n) is 1.58. The Morgan fingerprint density at radius 1 is 1.35 bits per heavy atom. The number of imide groups is 1. The molecule has 122 valence electrons. The molecular weight excluding hydrogens is 338 g/mol. The molecule has 0 saturated carbocycles. The number of nitrogens with one attached hydrogen (secondary N) is 2. The zero-order chi connectivity index (χ0) is 16.8. The predicted octanol–water partition coefficient (Wildman–Crippen LogP) is 2.26. The first kappa shape index (κ1) is 17.1. The number of ether oxygens (including phenoxy) is 1. The van der Waals surface area contributed by atoms with Crippen LogP contribution in [0.1, 0.15) is 24.3 Å². The Balaban J connectivity index is 1.93. The number of aromatic nitrogens is 1. The van der Waals surface area contributed by atoms with Gasteiger partial charge >= 0.3 is 12.0 Å². The molecule has 0 fully saturated rings. The standard InChI is InChI=1S/C14H15N3O4S2/c1-3-15-14(20)17-11(18)8(2)21-13(19)10-7-23-12(16-10)9-4-5-22-6-9/h4-8H,3H2,1-2H3,(H2,15,17,18,20). The zero-order valence-electron chi connectivity index (χ0n) is 12.5. The van der Waals surface area contributed by atoms with E-state index in [9.17, 15) is 14.4 Å². The third-order valence-electron chi connectivity index (χ3n) is 2.71. The van der Waals surface area contributed by atoms with Gasteiger partial charge in [-0.1, -0.05) is 0 Å². The van der Waals surface area contributed by atoms with E-state index in [1.807, 2.05) is 16.8 Å². The van der Waals surface area contributed by atoms with Gasteiger partial charge in [-0.2, -0.15) is 11.3 Å². The summed E-state index contributed by atoms with van der Waals surface area (Å²) in [5.41, 5.74) is 1.06. The molecule has 2 N–H and O–H groups in total. The van der Waals surface area contributed by atoms with E-state index in [4.69, 9.17) is 4.74 Å². The third-order valence-corrected chi connectivity index (χ3v) is 4.28. The number of urea groups is 1. The molecule has 2 heterocycles. The first-order valence-electron chi connectivity index (χ1n) is 6.79. The number of thiazole rings is 1. The molecule has 0 spiro atoms. The lowest BCUT2D eigenvalue weighted by Crippen LogP contribution is -2.44. The molecule has 3 amide bonds. The zero-order valence-corrected chi connectivity index (χ0v) is 14.1. The summed E-state index contributed by atoms with van der Waals surface area (Å²) < 4.78 is 5.02. The van der Waals surface area contributed by atoms with E-state index in [0.29, 0.717) is 11.6 Å². The quantitative estimate of drug-likeness (QED) is 0.804. The van der Waals surface area contributed by atoms with Gasteiger partial charge in [0.25, 0.3) is 5.91 Å². The second-order valence-corrected chi connectivity index (χ2v) is 6.08. The third kappa shape index (κ3) is 4.60. The minimum atomic E-state index is -1.10. The van der Waals surface area contributed by atoms with Gasteiger partial charge in [0.15, 0.2) is 11.8 Å². The van der Waals surface area contributed by atoms with E-state index in [1.54, 1.807) is 12.3 Å². The lowest BCUT2D eigenvalue weighted by Gasteiger charge is -2.12. The van der Waals surface area contributed by atoms with Crippen molar-refractivity contribution in [2.24, 2.45) is 0 Å². The van der Waals surface area contributed by atoms with Crippen LogP contribution in [0.4, 0.5) is 4.79 Å². The van der Waals surface area contributed by atoms with Crippen LogP contribution in [0.25, 0.3) is 10.6 Å². The van der Waals surface area contributed by atoms with Crippen LogP contribution in [0, 0.1) is 0 Å². The normalized spacial score (nSPS) is 11.6. The highest BCUT2D eigenvalue weighted by atomic mass is 32.1. The molecule has 2 aromatic heterocycles. The Bertz CT molecular complexity index is 697. The molecule has 2 aromatic rings. The van der Waals surface area contributed by atoms with Gasteiger partial charge in [-0.25, -0.2) is 14.6 Å². The molecule has 0 aliphatic rings. The molecule has 2 rings (SSSR count). The maximum atomic E-state index is 12.0. The fraction of sp³-hybridized carbons (Fsp3) is 0.286. The average Bonchev–Trinajstić information content (AvgIpc) is 3.18. The van der Waals surface area contributed by atoms with Gasteiger partial charge in [-0.3, -0.25) is 10.1 Å². The lowest BCUT2D eigenvalue weighted by atomic mass is 10.3. The van der Waals surface area contributed by atoms with Crippen LogP contribution in [0.3, 0.4) is 0 Å². The van der Waals surface area contributed by atoms with Gasteiger partial charge in [0, 0.05) is 22.9 Å². The van der Waals surface area contributed by atoms with E-state index >= 15 is 0 Å². The Kier molecular flexibility index (Phi) is 5.83. The molecule has 0 aromatic carbocycles. The molecule has 0 radical (unpaired) electrons. The second-order valence-electron chi connectivity index (χ2n) is 4.45. The molecule has 1 unspecified atom stereocenters. The minimum Gasteiger partial charge on any atom is -0.448 e. The van der Waals surface area contributed by atoms with Crippen molar-refractivity contribution >= 4 is 40.6 Å². The highest BCUT2D eigenvalue weighted by Crippen LogP contribution is 2.25. The number of hydrogen-bond donors (Lipinski definition) is 2. The van der Waals surface area contributed by atoms with E-state index < -0.39 is 24.0 Å². The molecule has 0 aliphatic carbocycles. The molecule has 0 bridgehead atoms. The van der Waals surface area contributed by atoms with Crippen molar-refractivity contribution in [1.29, 1.82) is 0 Å². The minimum absolute atomic E-state index is 0.133. The summed E-state index contributed by atoms with van der Waals surface area (Å²) in [5, 5.41) is 10.6. The van der Waals surface area contributed by atoms with Crippen LogP contribution in [-0.2, 0) is 9.53 Å². The van der Waals surface area contributed by atoms with E-state index in [0.717, 1.165) is 5.56 Å². The summed E-state index contributed by atoms with van der Waals surface area (Å²) in [7, 11) is 0. The first-order valence-corrected chi connectivity index (χ1v) is 8.61. The number of amides is 3. The highest BCUT2D eigenvalue weighted by Gasteiger charge is 2.22. The molecule has 9 heteroatoms. The average molecular weight is 353 g/mol. The molecular formula is C14H15N3O4S2. The van der Waals surface area contributed by atoms with Gasteiger partial charge in [0.1, 0.15) is 5.01 Å². The number of rotatable bonds is 5. The van der Waals surface area contributed by atoms with Gasteiger partial charge in [-0.15, -0.1) is 11.3 Å². The van der Waals surface area contributed by atoms with E-state index in [2.05, 4.69) is 15.6 Å². The van der Waals surface area contributed by atoms with Crippen molar-refractivity contribution in [3.63, 3.8) is 0 Å². The maximum Gasteiger partial charge on any atom is 0.358 e.